The molecule has 0 spiro atoms. The van der Waals surface area contributed by atoms with Crippen LogP contribution in [-0.2, 0) is 15.8 Å². The number of sulfonamides is 1. The Balaban J connectivity index is 2.53. The number of nitrogens with one attached hydrogen (secondary N) is 1. The van der Waals surface area contributed by atoms with Crippen molar-refractivity contribution in [3.63, 3.8) is 0 Å². The predicted molar refractivity (Wildman–Crippen MR) is 71.5 cm³/mol. The predicted octanol–water partition coefficient (Wildman–Crippen LogP) is 2.37. The molecule has 5 heteroatoms. The molecule has 1 unspecified atom stereocenters. The Morgan fingerprint density at radius 2 is 1.82 bits per heavy atom. The van der Waals surface area contributed by atoms with Crippen molar-refractivity contribution in [1.82, 2.24) is 4.72 Å². The molecular formula is C12H18ClNO2S. The molecule has 0 amide bonds. The first-order valence-corrected chi connectivity index (χ1v) is 7.65. The Hall–Kier alpha value is -0.580. The van der Waals surface area contributed by atoms with Crippen molar-refractivity contribution in [2.45, 2.75) is 25.0 Å². The zero-order chi connectivity index (χ0) is 12.9. The summed E-state index contributed by atoms with van der Waals surface area (Å²) >= 11 is 6.00. The smallest absolute Gasteiger partial charge is 0.213 e. The van der Waals surface area contributed by atoms with Gasteiger partial charge in [-0.25, -0.2) is 13.1 Å². The van der Waals surface area contributed by atoms with Crippen LogP contribution >= 0.6 is 11.6 Å². The maximum absolute atomic E-state index is 11.8. The quantitative estimate of drug-likeness (QED) is 0.810. The summed E-state index contributed by atoms with van der Waals surface area (Å²) in [6.45, 7) is 4.20. The zero-order valence-electron chi connectivity index (χ0n) is 10.1. The summed E-state index contributed by atoms with van der Waals surface area (Å²) in [7, 11) is -3.30. The van der Waals surface area contributed by atoms with Crippen molar-refractivity contribution in [3.05, 3.63) is 35.9 Å². The first-order valence-electron chi connectivity index (χ1n) is 5.56. The minimum atomic E-state index is -3.30. The Labute approximate surface area is 108 Å². The van der Waals surface area contributed by atoms with Crippen LogP contribution in [0, 0.1) is 5.92 Å². The summed E-state index contributed by atoms with van der Waals surface area (Å²) in [5, 5.41) is -0.180. The van der Waals surface area contributed by atoms with Crippen LogP contribution in [0.15, 0.2) is 30.3 Å². The molecule has 0 aromatic heterocycles. The van der Waals surface area contributed by atoms with E-state index < -0.39 is 10.0 Å². The molecule has 1 atom stereocenters. The van der Waals surface area contributed by atoms with Gasteiger partial charge in [0.25, 0.3) is 0 Å². The number of benzene rings is 1. The maximum Gasteiger partial charge on any atom is 0.215 e. The van der Waals surface area contributed by atoms with E-state index in [0.29, 0.717) is 0 Å². The number of hydrogen-bond donors (Lipinski definition) is 1. The largest absolute Gasteiger partial charge is 0.215 e. The second kappa shape index (κ2) is 6.38. The molecule has 1 rings (SSSR count). The highest BCUT2D eigenvalue weighted by Crippen LogP contribution is 2.09. The van der Waals surface area contributed by atoms with Crippen LogP contribution in [0.25, 0.3) is 0 Å². The first-order chi connectivity index (χ1) is 7.91. The van der Waals surface area contributed by atoms with Crippen LogP contribution in [-0.4, -0.2) is 20.3 Å². The van der Waals surface area contributed by atoms with Gasteiger partial charge in [0.15, 0.2) is 0 Å². The summed E-state index contributed by atoms with van der Waals surface area (Å²) in [5.41, 5.74) is 0.774. The topological polar surface area (TPSA) is 46.2 Å². The van der Waals surface area contributed by atoms with Crippen molar-refractivity contribution in [3.8, 4) is 0 Å². The lowest BCUT2D eigenvalue weighted by atomic mass is 10.1. The van der Waals surface area contributed by atoms with Gasteiger partial charge in [-0.05, 0) is 11.5 Å². The fourth-order valence-electron chi connectivity index (χ4n) is 1.29. The lowest BCUT2D eigenvalue weighted by Gasteiger charge is -2.14. The second-order valence-corrected chi connectivity index (χ2v) is 6.72. The second-order valence-electron chi connectivity index (χ2n) is 4.35. The van der Waals surface area contributed by atoms with Crippen LogP contribution in [0.2, 0.25) is 0 Å². The SMILES string of the molecule is CC(C)C(Cl)CNS(=O)(=O)Cc1ccccc1. The average molecular weight is 276 g/mol. The molecule has 0 aliphatic carbocycles. The maximum atomic E-state index is 11.8. The van der Waals surface area contributed by atoms with E-state index in [1.165, 1.54) is 0 Å². The van der Waals surface area contributed by atoms with E-state index in [9.17, 15) is 8.42 Å². The third-order valence-electron chi connectivity index (χ3n) is 2.42. The summed E-state index contributed by atoms with van der Waals surface area (Å²) in [6.07, 6.45) is 0. The molecule has 0 aliphatic heterocycles. The molecule has 0 heterocycles. The van der Waals surface area contributed by atoms with Gasteiger partial charge >= 0.3 is 0 Å². The summed E-state index contributed by atoms with van der Waals surface area (Å²) in [6, 6.07) is 9.09. The van der Waals surface area contributed by atoms with Crippen molar-refractivity contribution >= 4 is 21.6 Å². The van der Waals surface area contributed by atoms with E-state index in [2.05, 4.69) is 4.72 Å². The van der Waals surface area contributed by atoms with Crippen LogP contribution in [0.1, 0.15) is 19.4 Å². The molecule has 1 N–H and O–H groups in total. The molecular weight excluding hydrogens is 258 g/mol. The van der Waals surface area contributed by atoms with Crippen LogP contribution in [0.4, 0.5) is 0 Å². The molecule has 96 valence electrons. The van der Waals surface area contributed by atoms with E-state index in [1.54, 1.807) is 12.1 Å². The van der Waals surface area contributed by atoms with E-state index in [0.717, 1.165) is 5.56 Å². The van der Waals surface area contributed by atoms with Gasteiger partial charge in [-0.3, -0.25) is 0 Å². The lowest BCUT2D eigenvalue weighted by molar-refractivity contribution is 0.555. The van der Waals surface area contributed by atoms with Crippen LogP contribution < -0.4 is 4.72 Å². The molecule has 0 fully saturated rings. The Kier molecular flexibility index (Phi) is 5.43. The van der Waals surface area contributed by atoms with Crippen molar-refractivity contribution < 1.29 is 8.42 Å². The summed E-state index contributed by atoms with van der Waals surface area (Å²) in [5.74, 6) is 0.242. The van der Waals surface area contributed by atoms with E-state index in [4.69, 9.17) is 11.6 Å². The number of halogens is 1. The number of hydrogen-bond acceptors (Lipinski definition) is 2. The molecule has 0 radical (unpaired) electrons. The summed E-state index contributed by atoms with van der Waals surface area (Å²) in [4.78, 5) is 0. The molecule has 0 aliphatic rings. The zero-order valence-corrected chi connectivity index (χ0v) is 11.6. The van der Waals surface area contributed by atoms with Gasteiger partial charge in [-0.1, -0.05) is 44.2 Å². The molecule has 1 aromatic carbocycles. The van der Waals surface area contributed by atoms with Gasteiger partial charge in [0, 0.05) is 11.9 Å². The molecule has 17 heavy (non-hydrogen) atoms. The highest BCUT2D eigenvalue weighted by molar-refractivity contribution is 7.88. The number of rotatable bonds is 6. The third-order valence-corrected chi connectivity index (χ3v) is 4.40. The molecule has 0 saturated heterocycles. The van der Waals surface area contributed by atoms with Gasteiger partial charge < -0.3 is 0 Å². The highest BCUT2D eigenvalue weighted by atomic mass is 35.5. The normalized spacial score (nSPS) is 13.9. The fraction of sp³-hybridized carbons (Fsp3) is 0.500. The van der Waals surface area contributed by atoms with E-state index >= 15 is 0 Å². The van der Waals surface area contributed by atoms with Gasteiger partial charge in [0.1, 0.15) is 0 Å². The summed E-state index contributed by atoms with van der Waals surface area (Å²) < 4.78 is 26.0. The van der Waals surface area contributed by atoms with E-state index in [1.807, 2.05) is 32.0 Å². The highest BCUT2D eigenvalue weighted by Gasteiger charge is 2.15. The van der Waals surface area contributed by atoms with Gasteiger partial charge in [0.05, 0.1) is 5.75 Å². The first kappa shape index (κ1) is 14.5. The average Bonchev–Trinajstić information content (AvgIpc) is 2.26. The third kappa shape index (κ3) is 5.52. The Morgan fingerprint density at radius 1 is 1.24 bits per heavy atom. The van der Waals surface area contributed by atoms with Crippen LogP contribution in [0.3, 0.4) is 0 Å². The fourth-order valence-corrected chi connectivity index (χ4v) is 2.62. The van der Waals surface area contributed by atoms with Gasteiger partial charge in [-0.15, -0.1) is 11.6 Å². The van der Waals surface area contributed by atoms with E-state index in [-0.39, 0.29) is 23.6 Å². The molecule has 3 nitrogen and oxygen atoms in total. The monoisotopic (exact) mass is 275 g/mol. The van der Waals surface area contributed by atoms with Gasteiger partial charge in [-0.2, -0.15) is 0 Å². The minimum Gasteiger partial charge on any atom is -0.213 e. The Bertz CT molecular complexity index is 431. The molecule has 0 bridgehead atoms. The molecule has 1 aromatic rings. The van der Waals surface area contributed by atoms with Gasteiger partial charge in [0.2, 0.25) is 10.0 Å². The molecule has 0 saturated carbocycles. The van der Waals surface area contributed by atoms with Crippen molar-refractivity contribution in [1.29, 1.82) is 0 Å². The standard InChI is InChI=1S/C12H18ClNO2S/c1-10(2)12(13)8-14-17(15,16)9-11-6-4-3-5-7-11/h3-7,10,12,14H,8-9H2,1-2H3. The van der Waals surface area contributed by atoms with Crippen molar-refractivity contribution in [2.24, 2.45) is 5.92 Å². The minimum absolute atomic E-state index is 0.00442. The van der Waals surface area contributed by atoms with Crippen LogP contribution in [0.5, 0.6) is 0 Å². The number of alkyl halides is 1. The lowest BCUT2D eigenvalue weighted by Crippen LogP contribution is -2.32. The van der Waals surface area contributed by atoms with Crippen molar-refractivity contribution in [2.75, 3.05) is 6.54 Å². The Morgan fingerprint density at radius 3 is 2.35 bits per heavy atom.